The molecule has 0 bridgehead atoms. The van der Waals surface area contributed by atoms with Gasteiger partial charge in [-0.05, 0) is 55.8 Å². The molecule has 0 fully saturated rings. The lowest BCUT2D eigenvalue weighted by Gasteiger charge is -2.06. The van der Waals surface area contributed by atoms with Gasteiger partial charge in [0.25, 0.3) is 5.91 Å². The van der Waals surface area contributed by atoms with E-state index in [4.69, 9.17) is 14.2 Å². The van der Waals surface area contributed by atoms with Crippen LogP contribution in [0.3, 0.4) is 0 Å². The van der Waals surface area contributed by atoms with Crippen LogP contribution in [0.15, 0.2) is 47.5 Å². The number of ether oxygens (including phenoxy) is 3. The topological polar surface area (TPSA) is 79.1 Å². The number of rotatable bonds is 10. The van der Waals surface area contributed by atoms with Gasteiger partial charge in [-0.1, -0.05) is 24.7 Å². The van der Waals surface area contributed by atoms with E-state index in [1.165, 1.54) is 11.3 Å². The number of methoxy groups -OCH3 is 1. The van der Waals surface area contributed by atoms with E-state index in [9.17, 15) is 9.59 Å². The molecule has 0 N–H and O–H groups in total. The fourth-order valence-corrected chi connectivity index (χ4v) is 4.17. The van der Waals surface area contributed by atoms with Crippen molar-refractivity contribution >= 4 is 33.4 Å². The zero-order valence-corrected chi connectivity index (χ0v) is 19.4. The summed E-state index contributed by atoms with van der Waals surface area (Å²) in [7, 11) is 1.63. The van der Waals surface area contributed by atoms with Crippen molar-refractivity contribution in [2.45, 2.75) is 33.2 Å². The van der Waals surface area contributed by atoms with Gasteiger partial charge in [-0.3, -0.25) is 4.79 Å². The minimum absolute atomic E-state index is 0.312. The number of fused-ring (bicyclic) bond motifs is 1. The van der Waals surface area contributed by atoms with Crippen molar-refractivity contribution in [1.29, 1.82) is 0 Å². The number of aromatic nitrogens is 1. The summed E-state index contributed by atoms with van der Waals surface area (Å²) in [4.78, 5) is 29.8. The highest BCUT2D eigenvalue weighted by atomic mass is 32.1. The van der Waals surface area contributed by atoms with Crippen LogP contribution in [-0.4, -0.2) is 43.4 Å². The summed E-state index contributed by atoms with van der Waals surface area (Å²) in [6, 6.07) is 12.4. The molecule has 0 spiro atoms. The number of carbonyl (C=O) groups excluding carboxylic acids is 2. The van der Waals surface area contributed by atoms with Crippen LogP contribution in [0.4, 0.5) is 0 Å². The Labute approximate surface area is 191 Å². The molecule has 1 aromatic heterocycles. The highest BCUT2D eigenvalue weighted by Crippen LogP contribution is 2.20. The third-order valence-corrected chi connectivity index (χ3v) is 5.82. The maximum Gasteiger partial charge on any atom is 0.338 e. The summed E-state index contributed by atoms with van der Waals surface area (Å²) in [6.07, 6.45) is 2.05. The smallest absolute Gasteiger partial charge is 0.338 e. The minimum atomic E-state index is -0.373. The van der Waals surface area contributed by atoms with E-state index >= 15 is 0 Å². The van der Waals surface area contributed by atoms with Crippen LogP contribution < -0.4 is 9.54 Å². The first-order chi connectivity index (χ1) is 15.6. The number of carbonyl (C=O) groups is 2. The lowest BCUT2D eigenvalue weighted by Crippen LogP contribution is -2.19. The second-order valence-corrected chi connectivity index (χ2v) is 8.08. The first-order valence-electron chi connectivity index (χ1n) is 10.7. The van der Waals surface area contributed by atoms with E-state index in [0.717, 1.165) is 28.8 Å². The fraction of sp³-hybridized carbons (Fsp3) is 0.375. The summed E-state index contributed by atoms with van der Waals surface area (Å²) in [6.45, 7) is 5.85. The summed E-state index contributed by atoms with van der Waals surface area (Å²) < 4.78 is 18.7. The van der Waals surface area contributed by atoms with Crippen molar-refractivity contribution in [2.75, 3.05) is 26.9 Å². The minimum Gasteiger partial charge on any atom is -0.494 e. The molecule has 0 atom stereocenters. The molecular weight excluding hydrogens is 428 g/mol. The monoisotopic (exact) mass is 456 g/mol. The van der Waals surface area contributed by atoms with Crippen LogP contribution in [0.2, 0.25) is 0 Å². The van der Waals surface area contributed by atoms with E-state index in [2.05, 4.69) is 11.9 Å². The Hall–Kier alpha value is -2.97. The summed E-state index contributed by atoms with van der Waals surface area (Å²) in [5.41, 5.74) is 1.83. The summed E-state index contributed by atoms with van der Waals surface area (Å²) in [5, 5.41) is 0. The lowest BCUT2D eigenvalue weighted by molar-refractivity contribution is 0.0526. The second-order valence-electron chi connectivity index (χ2n) is 7.08. The number of hydrogen-bond donors (Lipinski definition) is 0. The third kappa shape index (κ3) is 5.83. The van der Waals surface area contributed by atoms with Crippen molar-refractivity contribution in [1.82, 2.24) is 4.57 Å². The highest BCUT2D eigenvalue weighted by molar-refractivity contribution is 7.16. The van der Waals surface area contributed by atoms with Gasteiger partial charge in [-0.2, -0.15) is 4.99 Å². The molecule has 8 heteroatoms. The molecule has 0 aliphatic rings. The number of thiazole rings is 1. The highest BCUT2D eigenvalue weighted by Gasteiger charge is 2.13. The first kappa shape index (κ1) is 23.7. The Morgan fingerprint density at radius 3 is 2.47 bits per heavy atom. The van der Waals surface area contributed by atoms with Crippen LogP contribution >= 0.6 is 11.3 Å². The Morgan fingerprint density at radius 2 is 1.78 bits per heavy atom. The van der Waals surface area contributed by atoms with Crippen LogP contribution in [0.25, 0.3) is 10.2 Å². The zero-order chi connectivity index (χ0) is 22.9. The molecule has 32 heavy (non-hydrogen) atoms. The van der Waals surface area contributed by atoms with Gasteiger partial charge < -0.3 is 18.8 Å². The van der Waals surface area contributed by atoms with Gasteiger partial charge in [0.15, 0.2) is 4.80 Å². The van der Waals surface area contributed by atoms with Crippen molar-refractivity contribution in [2.24, 2.45) is 4.99 Å². The van der Waals surface area contributed by atoms with Gasteiger partial charge in [0.1, 0.15) is 5.75 Å². The predicted octanol–water partition coefficient (Wildman–Crippen LogP) is 4.45. The Balaban J connectivity index is 1.92. The molecule has 170 valence electrons. The summed E-state index contributed by atoms with van der Waals surface area (Å²) >= 11 is 1.35. The second kappa shape index (κ2) is 11.6. The van der Waals surface area contributed by atoms with Gasteiger partial charge in [0, 0.05) is 19.2 Å². The van der Waals surface area contributed by atoms with E-state index in [1.54, 1.807) is 50.4 Å². The third-order valence-electron chi connectivity index (χ3n) is 4.78. The number of nitrogens with zero attached hydrogens (tertiary/aromatic N) is 2. The zero-order valence-electron chi connectivity index (χ0n) is 18.6. The SMILES string of the molecule is CCCCOc1ccc(C(=O)N=c2sc3cc(C(=O)OCC)ccc3n2CCOC)cc1. The molecule has 0 aliphatic heterocycles. The Bertz CT molecular complexity index is 1130. The van der Waals surface area contributed by atoms with Crippen molar-refractivity contribution in [3.63, 3.8) is 0 Å². The molecule has 0 radical (unpaired) electrons. The average Bonchev–Trinajstić information content (AvgIpc) is 3.14. The molecule has 0 saturated carbocycles. The molecule has 7 nitrogen and oxygen atoms in total. The lowest BCUT2D eigenvalue weighted by atomic mass is 10.2. The van der Waals surface area contributed by atoms with Gasteiger partial charge in [0.05, 0.1) is 35.6 Å². The maximum atomic E-state index is 12.8. The largest absolute Gasteiger partial charge is 0.494 e. The molecule has 1 heterocycles. The molecule has 3 aromatic rings. The predicted molar refractivity (Wildman–Crippen MR) is 124 cm³/mol. The number of amides is 1. The summed E-state index contributed by atoms with van der Waals surface area (Å²) in [5.74, 6) is 0.0222. The van der Waals surface area contributed by atoms with Crippen LogP contribution in [-0.2, 0) is 16.0 Å². The van der Waals surface area contributed by atoms with E-state index in [0.29, 0.717) is 42.3 Å². The number of benzene rings is 2. The molecule has 0 aliphatic carbocycles. The molecule has 1 amide bonds. The van der Waals surface area contributed by atoms with Crippen molar-refractivity contribution in [3.8, 4) is 5.75 Å². The molecule has 2 aromatic carbocycles. The van der Waals surface area contributed by atoms with E-state index in [1.807, 2.05) is 10.6 Å². The number of hydrogen-bond acceptors (Lipinski definition) is 6. The molecular formula is C24H28N2O5S. The first-order valence-corrected chi connectivity index (χ1v) is 11.5. The van der Waals surface area contributed by atoms with Crippen LogP contribution in [0, 0.1) is 0 Å². The van der Waals surface area contributed by atoms with Crippen LogP contribution in [0.1, 0.15) is 47.4 Å². The maximum absolute atomic E-state index is 12.8. The van der Waals surface area contributed by atoms with Crippen LogP contribution in [0.5, 0.6) is 5.75 Å². The molecule has 0 unspecified atom stereocenters. The number of unbranched alkanes of at least 4 members (excludes halogenated alkanes) is 1. The van der Waals surface area contributed by atoms with E-state index < -0.39 is 0 Å². The van der Waals surface area contributed by atoms with Gasteiger partial charge in [0.2, 0.25) is 0 Å². The van der Waals surface area contributed by atoms with Crippen molar-refractivity contribution in [3.05, 3.63) is 58.4 Å². The van der Waals surface area contributed by atoms with Crippen molar-refractivity contribution < 1.29 is 23.8 Å². The quantitative estimate of drug-likeness (QED) is 0.333. The number of esters is 1. The molecule has 3 rings (SSSR count). The van der Waals surface area contributed by atoms with Gasteiger partial charge in [-0.25, -0.2) is 4.79 Å². The standard InChI is InChI=1S/C24H28N2O5S/c1-4-6-14-31-19-10-7-17(8-11-19)22(27)25-24-26(13-15-29-3)20-12-9-18(16-21(20)32-24)23(28)30-5-2/h7-12,16H,4-6,13-15H2,1-3H3. The normalized spacial score (nSPS) is 11.7. The van der Waals surface area contributed by atoms with E-state index in [-0.39, 0.29) is 11.9 Å². The fourth-order valence-electron chi connectivity index (χ4n) is 3.08. The average molecular weight is 457 g/mol. The Kier molecular flexibility index (Phi) is 8.58. The van der Waals surface area contributed by atoms with Gasteiger partial charge in [-0.15, -0.1) is 0 Å². The molecule has 0 saturated heterocycles. The Morgan fingerprint density at radius 1 is 1.03 bits per heavy atom. The van der Waals surface area contributed by atoms with Gasteiger partial charge >= 0.3 is 5.97 Å².